The topological polar surface area (TPSA) is 89.6 Å². The molecular formula is C21H23N3O4. The summed E-state index contributed by atoms with van der Waals surface area (Å²) in [5, 5.41) is 5.63. The molecule has 2 aromatic rings. The van der Waals surface area contributed by atoms with Crippen LogP contribution in [0.25, 0.3) is 0 Å². The second kappa shape index (κ2) is 7.69. The van der Waals surface area contributed by atoms with Crippen molar-refractivity contribution in [1.82, 2.24) is 15.6 Å². The third kappa shape index (κ3) is 3.50. The summed E-state index contributed by atoms with van der Waals surface area (Å²) in [4.78, 5) is 29.5. The third-order valence-electron chi connectivity index (χ3n) is 5.42. The van der Waals surface area contributed by atoms with E-state index in [0.717, 1.165) is 5.56 Å². The molecule has 1 saturated heterocycles. The van der Waals surface area contributed by atoms with Gasteiger partial charge in [0.15, 0.2) is 0 Å². The molecule has 2 fully saturated rings. The lowest BCUT2D eigenvalue weighted by atomic mass is 10.0. The van der Waals surface area contributed by atoms with Crippen LogP contribution in [0, 0.1) is 11.8 Å². The molecule has 0 bridgehead atoms. The van der Waals surface area contributed by atoms with Crippen molar-refractivity contribution in [3.63, 3.8) is 0 Å². The van der Waals surface area contributed by atoms with Crippen LogP contribution < -0.4 is 10.6 Å². The first kappa shape index (κ1) is 18.6. The summed E-state index contributed by atoms with van der Waals surface area (Å²) in [6.07, 6.45) is -0.480. The number of aromatic nitrogens is 1. The lowest BCUT2D eigenvalue weighted by Gasteiger charge is -2.17. The molecule has 4 rings (SSSR count). The molecule has 7 nitrogen and oxygen atoms in total. The highest BCUT2D eigenvalue weighted by atomic mass is 16.5. The molecule has 1 saturated carbocycles. The number of amides is 2. The van der Waals surface area contributed by atoms with E-state index in [2.05, 4.69) is 15.6 Å². The minimum Gasteiger partial charge on any atom is -0.381 e. The van der Waals surface area contributed by atoms with Crippen molar-refractivity contribution in [2.75, 3.05) is 27.4 Å². The molecule has 28 heavy (non-hydrogen) atoms. The molecule has 2 N–H and O–H groups in total. The van der Waals surface area contributed by atoms with E-state index in [1.54, 1.807) is 13.2 Å². The van der Waals surface area contributed by atoms with Crippen LogP contribution >= 0.6 is 0 Å². The minimum absolute atomic E-state index is 0.147. The molecule has 2 amide bonds. The van der Waals surface area contributed by atoms with Crippen molar-refractivity contribution in [1.29, 1.82) is 0 Å². The Morgan fingerprint density at radius 3 is 2.50 bits per heavy atom. The number of carbonyl (C=O) groups is 2. The van der Waals surface area contributed by atoms with Gasteiger partial charge in [0.1, 0.15) is 11.8 Å². The maximum absolute atomic E-state index is 12.8. The third-order valence-corrected chi connectivity index (χ3v) is 5.42. The lowest BCUT2D eigenvalue weighted by Crippen LogP contribution is -2.31. The van der Waals surface area contributed by atoms with Gasteiger partial charge in [-0.15, -0.1) is 0 Å². The van der Waals surface area contributed by atoms with Gasteiger partial charge in [-0.1, -0.05) is 30.3 Å². The highest BCUT2D eigenvalue weighted by Gasteiger charge is 2.54. The summed E-state index contributed by atoms with van der Waals surface area (Å²) in [6.45, 7) is 1.39. The van der Waals surface area contributed by atoms with Crippen LogP contribution in [0.3, 0.4) is 0 Å². The number of rotatable bonds is 6. The van der Waals surface area contributed by atoms with Crippen molar-refractivity contribution in [2.45, 2.75) is 12.1 Å². The quantitative estimate of drug-likeness (QED) is 0.793. The fourth-order valence-corrected chi connectivity index (χ4v) is 3.81. The van der Waals surface area contributed by atoms with Crippen molar-refractivity contribution >= 4 is 11.8 Å². The van der Waals surface area contributed by atoms with Crippen molar-refractivity contribution < 1.29 is 19.1 Å². The summed E-state index contributed by atoms with van der Waals surface area (Å²) in [6, 6.07) is 12.9. The van der Waals surface area contributed by atoms with Crippen molar-refractivity contribution in [3.05, 3.63) is 65.0 Å². The highest BCUT2D eigenvalue weighted by molar-refractivity contribution is 5.99. The number of pyridine rings is 1. The molecule has 0 spiro atoms. The molecule has 2 heterocycles. The lowest BCUT2D eigenvalue weighted by molar-refractivity contribution is 0.0927. The molecule has 1 aliphatic carbocycles. The number of fused-ring (bicyclic) bond motifs is 1. The Balaban J connectivity index is 1.65. The van der Waals surface area contributed by atoms with Crippen LogP contribution in [-0.2, 0) is 9.47 Å². The number of benzene rings is 1. The first-order chi connectivity index (χ1) is 13.6. The zero-order chi connectivity index (χ0) is 19.7. The van der Waals surface area contributed by atoms with E-state index < -0.39 is 6.10 Å². The second-order valence-electron chi connectivity index (χ2n) is 7.14. The van der Waals surface area contributed by atoms with E-state index in [4.69, 9.17) is 9.47 Å². The zero-order valence-electron chi connectivity index (χ0n) is 15.8. The van der Waals surface area contributed by atoms with Gasteiger partial charge in [-0.2, -0.15) is 0 Å². The van der Waals surface area contributed by atoms with Gasteiger partial charge in [0.05, 0.1) is 18.9 Å². The highest BCUT2D eigenvalue weighted by Crippen LogP contribution is 2.44. The number of nitrogens with one attached hydrogen (secondary N) is 2. The second-order valence-corrected chi connectivity index (χ2v) is 7.14. The Morgan fingerprint density at radius 1 is 1.14 bits per heavy atom. The molecular weight excluding hydrogens is 358 g/mol. The Hall–Kier alpha value is -2.77. The molecule has 146 valence electrons. The predicted octanol–water partition coefficient (Wildman–Crippen LogP) is 1.55. The maximum Gasteiger partial charge on any atom is 0.269 e. The molecule has 2 aliphatic rings. The van der Waals surface area contributed by atoms with Crippen molar-refractivity contribution in [2.24, 2.45) is 11.8 Å². The van der Waals surface area contributed by atoms with E-state index in [9.17, 15) is 9.59 Å². The number of carbonyl (C=O) groups excluding carboxylic acids is 2. The standard InChI is InChI=1S/C21H23N3O4/c1-22-21(26)17-9-13(20(25)24-18-14-10-28-11-15(14)18)8-16(23-17)19(27-2)12-6-4-3-5-7-12/h3-9,14-15,18-19H,10-11H2,1-2H3,(H,22,26)(H,24,25)/t14-,15+,18?,19?. The smallest absolute Gasteiger partial charge is 0.269 e. The maximum atomic E-state index is 12.8. The van der Waals surface area contributed by atoms with E-state index in [1.807, 2.05) is 30.3 Å². The van der Waals surface area contributed by atoms with Crippen LogP contribution in [0.1, 0.15) is 38.2 Å². The molecule has 2 unspecified atom stereocenters. The van der Waals surface area contributed by atoms with Crippen LogP contribution in [0.15, 0.2) is 42.5 Å². The van der Waals surface area contributed by atoms with E-state index in [1.165, 1.54) is 13.1 Å². The van der Waals surface area contributed by atoms with Gasteiger partial charge in [0.25, 0.3) is 11.8 Å². The fraction of sp³-hybridized carbons (Fsp3) is 0.381. The van der Waals surface area contributed by atoms with Crippen LogP contribution in [0.5, 0.6) is 0 Å². The summed E-state index contributed by atoms with van der Waals surface area (Å²) >= 11 is 0. The van der Waals surface area contributed by atoms with Crippen LogP contribution in [0.2, 0.25) is 0 Å². The van der Waals surface area contributed by atoms with Gasteiger partial charge in [0.2, 0.25) is 0 Å². The molecule has 7 heteroatoms. The number of methoxy groups -OCH3 is 1. The summed E-state index contributed by atoms with van der Waals surface area (Å²) < 4.78 is 11.0. The van der Waals surface area contributed by atoms with Gasteiger partial charge in [-0.05, 0) is 17.7 Å². The van der Waals surface area contributed by atoms with Crippen molar-refractivity contribution in [3.8, 4) is 0 Å². The number of hydrogen-bond acceptors (Lipinski definition) is 5. The fourth-order valence-electron chi connectivity index (χ4n) is 3.81. The predicted molar refractivity (Wildman–Crippen MR) is 102 cm³/mol. The average Bonchev–Trinajstić information content (AvgIpc) is 3.14. The molecule has 1 aromatic heterocycles. The number of ether oxygens (including phenoxy) is 2. The Kier molecular flexibility index (Phi) is 5.11. The molecule has 4 atom stereocenters. The van der Waals surface area contributed by atoms with Gasteiger partial charge in [-0.25, -0.2) is 4.98 Å². The summed E-state index contributed by atoms with van der Waals surface area (Å²) in [7, 11) is 3.11. The van der Waals surface area contributed by atoms with Crippen LogP contribution in [0.4, 0.5) is 0 Å². The van der Waals surface area contributed by atoms with Gasteiger partial charge < -0.3 is 20.1 Å². The van der Waals surface area contributed by atoms with Gasteiger partial charge in [-0.3, -0.25) is 9.59 Å². The molecule has 1 aliphatic heterocycles. The summed E-state index contributed by atoms with van der Waals surface area (Å²) in [5.41, 5.74) is 1.99. The minimum atomic E-state index is -0.480. The van der Waals surface area contributed by atoms with Crippen LogP contribution in [-0.4, -0.2) is 50.2 Å². The number of hydrogen-bond donors (Lipinski definition) is 2. The Morgan fingerprint density at radius 2 is 1.86 bits per heavy atom. The number of nitrogens with zero attached hydrogens (tertiary/aromatic N) is 1. The average molecular weight is 381 g/mol. The van der Waals surface area contributed by atoms with Gasteiger partial charge in [0, 0.05) is 37.6 Å². The zero-order valence-corrected chi connectivity index (χ0v) is 15.8. The Labute approximate surface area is 163 Å². The van der Waals surface area contributed by atoms with Gasteiger partial charge >= 0.3 is 0 Å². The van der Waals surface area contributed by atoms with E-state index >= 15 is 0 Å². The molecule has 1 aromatic carbocycles. The largest absolute Gasteiger partial charge is 0.381 e. The monoisotopic (exact) mass is 381 g/mol. The first-order valence-electron chi connectivity index (χ1n) is 9.32. The normalized spacial score (nSPS) is 23.6. The molecule has 0 radical (unpaired) electrons. The first-order valence-corrected chi connectivity index (χ1v) is 9.32. The summed E-state index contributed by atoms with van der Waals surface area (Å²) in [5.74, 6) is 0.242. The SMILES string of the molecule is CNC(=O)c1cc(C(=O)NC2[C@H]3COC[C@@H]23)cc(C(OC)c2ccccc2)n1. The van der Waals surface area contributed by atoms with E-state index in [0.29, 0.717) is 36.3 Å². The Bertz CT molecular complexity index is 876. The van der Waals surface area contributed by atoms with E-state index in [-0.39, 0.29) is 23.6 Å².